The molecule has 0 radical (unpaired) electrons. The Morgan fingerprint density at radius 2 is 1.89 bits per heavy atom. The molecular weight excluding hydrogens is 398 g/mol. The Labute approximate surface area is 173 Å². The quantitative estimate of drug-likeness (QED) is 0.755. The topological polar surface area (TPSA) is 61.9 Å². The summed E-state index contributed by atoms with van der Waals surface area (Å²) in [4.78, 5) is 29.5. The van der Waals surface area contributed by atoms with Gasteiger partial charge in [0.15, 0.2) is 0 Å². The van der Waals surface area contributed by atoms with Crippen molar-refractivity contribution in [1.82, 2.24) is 14.5 Å². The second-order valence-corrected chi connectivity index (χ2v) is 8.32. The Hall–Kier alpha value is -1.80. The van der Waals surface area contributed by atoms with E-state index in [1.807, 2.05) is 30.3 Å². The van der Waals surface area contributed by atoms with E-state index in [4.69, 9.17) is 16.3 Å². The average Bonchev–Trinajstić information content (AvgIpc) is 3.06. The van der Waals surface area contributed by atoms with E-state index in [1.54, 1.807) is 9.80 Å². The first-order valence-electron chi connectivity index (χ1n) is 9.36. The van der Waals surface area contributed by atoms with Crippen molar-refractivity contribution in [2.45, 2.75) is 17.4 Å². The van der Waals surface area contributed by atoms with Crippen molar-refractivity contribution in [3.8, 4) is 0 Å². The lowest BCUT2D eigenvalue weighted by Crippen LogP contribution is -2.47. The maximum atomic E-state index is 12.6. The van der Waals surface area contributed by atoms with Crippen LogP contribution in [0.15, 0.2) is 41.3 Å². The van der Waals surface area contributed by atoms with Crippen LogP contribution >= 0.6 is 23.5 Å². The third kappa shape index (κ3) is 4.43. The van der Waals surface area contributed by atoms with Gasteiger partial charge >= 0.3 is 0 Å². The molecule has 0 bridgehead atoms. The number of halogens is 1. The highest BCUT2D eigenvalue weighted by Crippen LogP contribution is 2.25. The van der Waals surface area contributed by atoms with Crippen LogP contribution in [0.1, 0.15) is 6.42 Å². The van der Waals surface area contributed by atoms with Crippen LogP contribution in [0.3, 0.4) is 0 Å². The summed E-state index contributed by atoms with van der Waals surface area (Å²) in [6.45, 7) is 3.09. The molecule has 4 rings (SSSR count). The van der Waals surface area contributed by atoms with E-state index in [-0.39, 0.29) is 24.4 Å². The van der Waals surface area contributed by atoms with Gasteiger partial charge in [-0.25, -0.2) is 4.72 Å². The fourth-order valence-corrected chi connectivity index (χ4v) is 4.48. The molecule has 2 aliphatic heterocycles. The van der Waals surface area contributed by atoms with E-state index in [0.29, 0.717) is 44.3 Å². The molecule has 1 atom stereocenters. The van der Waals surface area contributed by atoms with Crippen LogP contribution in [0.4, 0.5) is 0 Å². The highest BCUT2D eigenvalue weighted by atomic mass is 35.5. The summed E-state index contributed by atoms with van der Waals surface area (Å²) in [6.07, 6.45) is 0.700. The van der Waals surface area contributed by atoms with E-state index < -0.39 is 0 Å². The summed E-state index contributed by atoms with van der Waals surface area (Å²) in [6, 6.07) is 11.6. The summed E-state index contributed by atoms with van der Waals surface area (Å²) >= 11 is 7.48. The third-order valence-electron chi connectivity index (χ3n) is 5.08. The lowest BCUT2D eigenvalue weighted by Gasteiger charge is -2.28. The normalized spacial score (nSPS) is 20.2. The Morgan fingerprint density at radius 3 is 2.71 bits per heavy atom. The second kappa shape index (κ2) is 8.69. The number of benzene rings is 2. The largest absolute Gasteiger partial charge is 0.378 e. The first-order valence-corrected chi connectivity index (χ1v) is 10.6. The number of rotatable bonds is 5. The summed E-state index contributed by atoms with van der Waals surface area (Å²) in [7, 11) is 0. The van der Waals surface area contributed by atoms with E-state index >= 15 is 0 Å². The molecule has 0 aromatic heterocycles. The Morgan fingerprint density at radius 1 is 1.14 bits per heavy atom. The summed E-state index contributed by atoms with van der Waals surface area (Å²) in [5, 5.41) is 2.91. The van der Waals surface area contributed by atoms with E-state index in [2.05, 4.69) is 10.8 Å². The van der Waals surface area contributed by atoms with Crippen molar-refractivity contribution in [3.05, 3.63) is 41.4 Å². The fraction of sp³-hybridized carbons (Fsp3) is 0.400. The number of hydrogen-bond acceptors (Lipinski definition) is 5. The van der Waals surface area contributed by atoms with Gasteiger partial charge in [0.2, 0.25) is 11.8 Å². The fourth-order valence-electron chi connectivity index (χ4n) is 3.48. The Balaban J connectivity index is 1.31. The predicted molar refractivity (Wildman–Crippen MR) is 110 cm³/mol. The molecule has 2 saturated heterocycles. The van der Waals surface area contributed by atoms with Gasteiger partial charge in [-0.2, -0.15) is 0 Å². The van der Waals surface area contributed by atoms with Crippen molar-refractivity contribution in [3.63, 3.8) is 0 Å². The van der Waals surface area contributed by atoms with E-state index in [9.17, 15) is 9.59 Å². The zero-order chi connectivity index (χ0) is 19.5. The number of morpholine rings is 1. The van der Waals surface area contributed by atoms with Crippen LogP contribution < -0.4 is 4.72 Å². The molecule has 0 aliphatic carbocycles. The van der Waals surface area contributed by atoms with Crippen molar-refractivity contribution < 1.29 is 14.3 Å². The van der Waals surface area contributed by atoms with Gasteiger partial charge < -0.3 is 14.5 Å². The van der Waals surface area contributed by atoms with Gasteiger partial charge in [-0.15, -0.1) is 0 Å². The molecular formula is C20H22ClN3O3S. The molecule has 6 nitrogen and oxygen atoms in total. The van der Waals surface area contributed by atoms with Gasteiger partial charge in [0.25, 0.3) is 0 Å². The maximum Gasteiger partial charge on any atom is 0.242 e. The molecule has 1 N–H and O–H groups in total. The van der Waals surface area contributed by atoms with E-state index in [1.165, 1.54) is 11.9 Å². The molecule has 2 aliphatic rings. The SMILES string of the molecule is O=C(CN1CCC(NSc2ccc3cc(Cl)ccc3c2)C1=O)N1CCOCC1. The van der Waals surface area contributed by atoms with Gasteiger partial charge in [0, 0.05) is 29.6 Å². The zero-order valence-electron chi connectivity index (χ0n) is 15.4. The van der Waals surface area contributed by atoms with Gasteiger partial charge in [-0.3, -0.25) is 9.59 Å². The molecule has 0 saturated carbocycles. The van der Waals surface area contributed by atoms with Crippen LogP contribution in [0.2, 0.25) is 5.02 Å². The predicted octanol–water partition coefficient (Wildman–Crippen LogP) is 2.55. The molecule has 0 spiro atoms. The van der Waals surface area contributed by atoms with Gasteiger partial charge in [0.05, 0.1) is 25.8 Å². The molecule has 28 heavy (non-hydrogen) atoms. The number of amides is 2. The lowest BCUT2D eigenvalue weighted by molar-refractivity contribution is -0.141. The molecule has 8 heteroatoms. The minimum absolute atomic E-state index is 0.00172. The highest BCUT2D eigenvalue weighted by Gasteiger charge is 2.33. The van der Waals surface area contributed by atoms with Crippen molar-refractivity contribution in [2.24, 2.45) is 0 Å². The summed E-state index contributed by atoms with van der Waals surface area (Å²) in [5.74, 6) is -0.0141. The minimum Gasteiger partial charge on any atom is -0.378 e. The summed E-state index contributed by atoms with van der Waals surface area (Å²) < 4.78 is 8.53. The first kappa shape index (κ1) is 19.5. The molecule has 1 unspecified atom stereocenters. The smallest absolute Gasteiger partial charge is 0.242 e. The van der Waals surface area contributed by atoms with Gasteiger partial charge in [0.1, 0.15) is 0 Å². The second-order valence-electron chi connectivity index (χ2n) is 6.97. The van der Waals surface area contributed by atoms with Crippen LogP contribution in [0.25, 0.3) is 10.8 Å². The monoisotopic (exact) mass is 419 g/mol. The minimum atomic E-state index is -0.275. The number of nitrogens with zero attached hydrogens (tertiary/aromatic N) is 2. The number of nitrogens with one attached hydrogen (secondary N) is 1. The lowest BCUT2D eigenvalue weighted by atomic mass is 10.1. The van der Waals surface area contributed by atoms with Gasteiger partial charge in [-0.1, -0.05) is 23.7 Å². The number of hydrogen-bond donors (Lipinski definition) is 1. The molecule has 2 amide bonds. The number of likely N-dealkylation sites (tertiary alicyclic amines) is 1. The van der Waals surface area contributed by atoms with E-state index in [0.717, 1.165) is 15.7 Å². The molecule has 2 aromatic carbocycles. The number of ether oxygens (including phenoxy) is 1. The summed E-state index contributed by atoms with van der Waals surface area (Å²) in [5.41, 5.74) is 0. The standard InChI is InChI=1S/C20H22ClN3O3S/c21-16-3-1-15-12-17(4-2-14(15)11-16)28-22-18-5-6-24(20(18)26)13-19(25)23-7-9-27-10-8-23/h1-4,11-12,18,22H,5-10,13H2. The first-order chi connectivity index (χ1) is 13.6. The van der Waals surface area contributed by atoms with Crippen molar-refractivity contribution in [1.29, 1.82) is 0 Å². The number of carbonyl (C=O) groups is 2. The van der Waals surface area contributed by atoms with Crippen LogP contribution in [-0.4, -0.2) is 67.0 Å². The highest BCUT2D eigenvalue weighted by molar-refractivity contribution is 7.97. The van der Waals surface area contributed by atoms with Crippen LogP contribution in [0.5, 0.6) is 0 Å². The molecule has 2 heterocycles. The number of fused-ring (bicyclic) bond motifs is 1. The maximum absolute atomic E-state index is 12.6. The Kier molecular flexibility index (Phi) is 6.06. The van der Waals surface area contributed by atoms with Crippen LogP contribution in [-0.2, 0) is 14.3 Å². The van der Waals surface area contributed by atoms with Crippen molar-refractivity contribution >= 4 is 46.1 Å². The Bertz CT molecular complexity index is 888. The third-order valence-corrected chi connectivity index (χ3v) is 6.21. The molecule has 2 aromatic rings. The number of carbonyl (C=O) groups excluding carboxylic acids is 2. The van der Waals surface area contributed by atoms with Gasteiger partial charge in [-0.05, 0) is 53.4 Å². The molecule has 2 fully saturated rings. The molecule has 148 valence electrons. The average molecular weight is 420 g/mol. The van der Waals surface area contributed by atoms with Crippen molar-refractivity contribution in [2.75, 3.05) is 39.4 Å². The zero-order valence-corrected chi connectivity index (χ0v) is 17.0. The van der Waals surface area contributed by atoms with Crippen LogP contribution in [0, 0.1) is 0 Å².